The van der Waals surface area contributed by atoms with Crippen molar-refractivity contribution in [1.29, 1.82) is 0 Å². The van der Waals surface area contributed by atoms with Crippen molar-refractivity contribution in [2.75, 3.05) is 12.4 Å². The number of hydrogen-bond donors (Lipinski definition) is 9. The van der Waals surface area contributed by atoms with Gasteiger partial charge in [-0.05, 0) is 6.92 Å². The third-order valence-electron chi connectivity index (χ3n) is 3.47. The molecule has 0 aliphatic rings. The van der Waals surface area contributed by atoms with Gasteiger partial charge in [0.1, 0.15) is 24.2 Å². The number of carboxylic acids is 1. The van der Waals surface area contributed by atoms with E-state index in [1.807, 2.05) is 5.32 Å². The predicted molar refractivity (Wildman–Crippen MR) is 97.8 cm³/mol. The number of aliphatic hydroxyl groups is 2. The number of aliphatic carboxylic acids is 1. The van der Waals surface area contributed by atoms with Crippen molar-refractivity contribution < 1.29 is 39.3 Å². The molecule has 14 heteroatoms. The van der Waals surface area contributed by atoms with Crippen LogP contribution in [0, 0.1) is 0 Å². The Bertz CT molecular complexity index is 602. The van der Waals surface area contributed by atoms with Gasteiger partial charge >= 0.3 is 5.97 Å². The first-order chi connectivity index (χ1) is 12.9. The number of carboxylic acid groups (broad SMARTS) is 1. The third-order valence-corrected chi connectivity index (χ3v) is 3.84. The largest absolute Gasteiger partial charge is 0.480 e. The van der Waals surface area contributed by atoms with Gasteiger partial charge in [-0.25, -0.2) is 4.79 Å². The minimum absolute atomic E-state index is 0.205. The zero-order valence-corrected chi connectivity index (χ0v) is 15.9. The zero-order valence-electron chi connectivity index (χ0n) is 15.0. The summed E-state index contributed by atoms with van der Waals surface area (Å²) in [5.41, 5.74) is 10.3. The van der Waals surface area contributed by atoms with E-state index in [-0.39, 0.29) is 5.75 Å². The standard InChI is InChI=1S/C14H25N5O8S/c1-5(21)10(16)13(25)19-8(4-28)12(24)18-7(3-20)11(23)17-6(14(26)27)2-9(15)22/h5-8,10,20-21,28H,2-4,16H2,1H3,(H2,15,22)(H,17,23)(H,18,24)(H,19,25)(H,26,27). The normalized spacial score (nSPS) is 16.0. The van der Waals surface area contributed by atoms with Gasteiger partial charge < -0.3 is 42.7 Å². The van der Waals surface area contributed by atoms with Crippen molar-refractivity contribution in [2.24, 2.45) is 11.5 Å². The highest BCUT2D eigenvalue weighted by Crippen LogP contribution is 1.97. The van der Waals surface area contributed by atoms with Crippen LogP contribution in [0.4, 0.5) is 0 Å². The van der Waals surface area contributed by atoms with E-state index in [9.17, 15) is 34.2 Å². The number of aliphatic hydroxyl groups excluding tert-OH is 2. The summed E-state index contributed by atoms with van der Waals surface area (Å²) in [6.45, 7) is 0.373. The second-order valence-electron chi connectivity index (χ2n) is 5.82. The number of carbonyl (C=O) groups excluding carboxylic acids is 4. The van der Waals surface area contributed by atoms with Gasteiger partial charge in [0.2, 0.25) is 23.6 Å². The predicted octanol–water partition coefficient (Wildman–Crippen LogP) is -4.97. The molecule has 13 nitrogen and oxygen atoms in total. The van der Waals surface area contributed by atoms with E-state index < -0.39 is 72.9 Å². The fourth-order valence-corrected chi connectivity index (χ4v) is 2.08. The first-order valence-corrected chi connectivity index (χ1v) is 8.65. The molecule has 0 spiro atoms. The van der Waals surface area contributed by atoms with Crippen LogP contribution in [0.2, 0.25) is 0 Å². The second-order valence-corrected chi connectivity index (χ2v) is 6.19. The van der Waals surface area contributed by atoms with E-state index in [2.05, 4.69) is 23.3 Å². The van der Waals surface area contributed by atoms with Crippen molar-refractivity contribution in [1.82, 2.24) is 16.0 Å². The van der Waals surface area contributed by atoms with Crippen LogP contribution in [0.25, 0.3) is 0 Å². The SMILES string of the molecule is CC(O)C(N)C(=O)NC(CS)C(=O)NC(CO)C(=O)NC(CC(N)=O)C(=O)O. The number of primary amides is 1. The molecule has 0 bridgehead atoms. The lowest BCUT2D eigenvalue weighted by Gasteiger charge is -2.23. The summed E-state index contributed by atoms with van der Waals surface area (Å²) in [6.07, 6.45) is -1.88. The van der Waals surface area contributed by atoms with Crippen LogP contribution in [-0.4, -0.2) is 87.5 Å². The topological polar surface area (TPSA) is 234 Å². The van der Waals surface area contributed by atoms with Crippen LogP contribution in [0.3, 0.4) is 0 Å². The van der Waals surface area contributed by atoms with Gasteiger partial charge in [-0.1, -0.05) is 0 Å². The number of amides is 4. The Balaban J connectivity index is 5.02. The van der Waals surface area contributed by atoms with Crippen LogP contribution in [-0.2, 0) is 24.0 Å². The molecule has 160 valence electrons. The van der Waals surface area contributed by atoms with Gasteiger partial charge in [0.05, 0.1) is 19.1 Å². The summed E-state index contributed by atoms with van der Waals surface area (Å²) in [5.74, 6) is -5.58. The Morgan fingerprint density at radius 1 is 0.964 bits per heavy atom. The molecule has 0 aliphatic heterocycles. The molecule has 0 aliphatic carbocycles. The van der Waals surface area contributed by atoms with Gasteiger partial charge in [0.25, 0.3) is 0 Å². The maximum Gasteiger partial charge on any atom is 0.326 e. The molecule has 0 aromatic rings. The molecule has 0 aromatic carbocycles. The Hall–Kier alpha value is -2.42. The van der Waals surface area contributed by atoms with E-state index >= 15 is 0 Å². The first-order valence-electron chi connectivity index (χ1n) is 8.02. The lowest BCUT2D eigenvalue weighted by Crippen LogP contribution is -2.59. The van der Waals surface area contributed by atoms with Crippen LogP contribution in [0.1, 0.15) is 13.3 Å². The molecule has 0 fully saturated rings. The molecule has 10 N–H and O–H groups in total. The Kier molecular flexibility index (Phi) is 11.1. The van der Waals surface area contributed by atoms with Gasteiger partial charge in [-0.3, -0.25) is 19.2 Å². The zero-order chi connectivity index (χ0) is 22.0. The third kappa shape index (κ3) is 8.51. The van der Waals surface area contributed by atoms with Crippen molar-refractivity contribution in [3.63, 3.8) is 0 Å². The number of thiol groups is 1. The van der Waals surface area contributed by atoms with E-state index in [0.29, 0.717) is 0 Å². The molecular formula is C14H25N5O8S. The summed E-state index contributed by atoms with van der Waals surface area (Å²) in [7, 11) is 0. The van der Waals surface area contributed by atoms with E-state index in [4.69, 9.17) is 16.6 Å². The Labute approximate surface area is 165 Å². The maximum absolute atomic E-state index is 12.2. The Morgan fingerprint density at radius 3 is 1.82 bits per heavy atom. The van der Waals surface area contributed by atoms with E-state index in [0.717, 1.165) is 0 Å². The van der Waals surface area contributed by atoms with Crippen molar-refractivity contribution in [3.05, 3.63) is 0 Å². The highest BCUT2D eigenvalue weighted by Gasteiger charge is 2.30. The summed E-state index contributed by atoms with van der Waals surface area (Å²) in [4.78, 5) is 58.0. The Morgan fingerprint density at radius 2 is 1.43 bits per heavy atom. The number of hydrogen-bond acceptors (Lipinski definition) is 9. The minimum atomic E-state index is -1.65. The van der Waals surface area contributed by atoms with Crippen molar-refractivity contribution >= 4 is 42.2 Å². The molecule has 0 aromatic heterocycles. The number of rotatable bonds is 12. The molecular weight excluding hydrogens is 398 g/mol. The van der Waals surface area contributed by atoms with Crippen molar-refractivity contribution in [2.45, 2.75) is 43.6 Å². The first kappa shape index (κ1) is 25.6. The maximum atomic E-state index is 12.2. The molecule has 0 saturated carbocycles. The number of nitrogens with one attached hydrogen (secondary N) is 3. The smallest absolute Gasteiger partial charge is 0.326 e. The van der Waals surface area contributed by atoms with Gasteiger partial charge in [-0.15, -0.1) is 0 Å². The fourth-order valence-electron chi connectivity index (χ4n) is 1.82. The molecule has 5 atom stereocenters. The number of carbonyl (C=O) groups is 5. The van der Waals surface area contributed by atoms with Crippen LogP contribution < -0.4 is 27.4 Å². The quantitative estimate of drug-likeness (QED) is 0.136. The molecule has 0 rings (SSSR count). The summed E-state index contributed by atoms with van der Waals surface area (Å²) in [6, 6.07) is -5.80. The number of nitrogens with two attached hydrogens (primary N) is 2. The summed E-state index contributed by atoms with van der Waals surface area (Å²) >= 11 is 3.90. The minimum Gasteiger partial charge on any atom is -0.480 e. The fraction of sp³-hybridized carbons (Fsp3) is 0.643. The average Bonchev–Trinajstić information content (AvgIpc) is 2.61. The van der Waals surface area contributed by atoms with Crippen LogP contribution >= 0.6 is 12.6 Å². The second kappa shape index (κ2) is 12.1. The highest BCUT2D eigenvalue weighted by molar-refractivity contribution is 7.80. The van der Waals surface area contributed by atoms with Gasteiger partial charge in [0, 0.05) is 5.75 Å². The van der Waals surface area contributed by atoms with E-state index in [1.165, 1.54) is 6.92 Å². The molecule has 0 saturated heterocycles. The van der Waals surface area contributed by atoms with Crippen LogP contribution in [0.5, 0.6) is 0 Å². The monoisotopic (exact) mass is 423 g/mol. The lowest BCUT2D eigenvalue weighted by atomic mass is 10.1. The summed E-state index contributed by atoms with van der Waals surface area (Å²) in [5, 5.41) is 33.9. The van der Waals surface area contributed by atoms with Gasteiger partial charge in [0.15, 0.2) is 0 Å². The van der Waals surface area contributed by atoms with Gasteiger partial charge in [-0.2, -0.15) is 12.6 Å². The molecule has 28 heavy (non-hydrogen) atoms. The molecule has 0 heterocycles. The highest BCUT2D eigenvalue weighted by atomic mass is 32.1. The summed E-state index contributed by atoms with van der Waals surface area (Å²) < 4.78 is 0. The average molecular weight is 423 g/mol. The van der Waals surface area contributed by atoms with Crippen LogP contribution in [0.15, 0.2) is 0 Å². The molecule has 5 unspecified atom stereocenters. The molecule has 4 amide bonds. The molecule has 0 radical (unpaired) electrons. The lowest BCUT2D eigenvalue weighted by molar-refractivity contribution is -0.144. The van der Waals surface area contributed by atoms with E-state index in [1.54, 1.807) is 0 Å². The van der Waals surface area contributed by atoms with Crippen molar-refractivity contribution in [3.8, 4) is 0 Å².